The summed E-state index contributed by atoms with van der Waals surface area (Å²) in [6.45, 7) is 2.72. The molecule has 226 valence electrons. The maximum Gasteiger partial charge on any atom is 0.306 e. The van der Waals surface area contributed by atoms with Gasteiger partial charge in [-0.3, -0.25) is 19.2 Å². The zero-order valence-electron chi connectivity index (χ0n) is 24.3. The Labute approximate surface area is 238 Å². The first kappa shape index (κ1) is 32.1. The third kappa shape index (κ3) is 9.89. The van der Waals surface area contributed by atoms with E-state index in [-0.39, 0.29) is 56.4 Å². The van der Waals surface area contributed by atoms with Gasteiger partial charge in [0.2, 0.25) is 0 Å². The Balaban J connectivity index is 1.45. The normalized spacial score (nSPS) is 26.3. The third-order valence-corrected chi connectivity index (χ3v) is 8.72. The van der Waals surface area contributed by atoms with Crippen LogP contribution >= 0.6 is 0 Å². The molecule has 0 aromatic rings. The van der Waals surface area contributed by atoms with E-state index in [1.807, 2.05) is 19.1 Å². The molecule has 0 aliphatic heterocycles. The predicted octanol–water partition coefficient (Wildman–Crippen LogP) is 4.68. The molecule has 9 heteroatoms. The first-order valence-electron chi connectivity index (χ1n) is 15.0. The van der Waals surface area contributed by atoms with E-state index in [1.54, 1.807) is 6.92 Å². The van der Waals surface area contributed by atoms with Crippen molar-refractivity contribution in [1.29, 1.82) is 0 Å². The maximum atomic E-state index is 13.0. The Morgan fingerprint density at radius 2 is 1.30 bits per heavy atom. The smallest absolute Gasteiger partial charge is 0.306 e. The lowest BCUT2D eigenvalue weighted by Gasteiger charge is -2.56. The van der Waals surface area contributed by atoms with Crippen LogP contribution in [0.3, 0.4) is 0 Å². The molecule has 0 radical (unpaired) electrons. The summed E-state index contributed by atoms with van der Waals surface area (Å²) in [7, 11) is 0. The van der Waals surface area contributed by atoms with Crippen LogP contribution in [0.15, 0.2) is 12.2 Å². The summed E-state index contributed by atoms with van der Waals surface area (Å²) in [6.07, 6.45) is 13.4. The van der Waals surface area contributed by atoms with Crippen molar-refractivity contribution in [3.05, 3.63) is 12.2 Å². The van der Waals surface area contributed by atoms with Gasteiger partial charge in [0.05, 0.1) is 25.0 Å². The minimum Gasteiger partial charge on any atom is -0.465 e. The zero-order valence-corrected chi connectivity index (χ0v) is 24.3. The van der Waals surface area contributed by atoms with Crippen molar-refractivity contribution in [2.24, 2.45) is 28.6 Å². The van der Waals surface area contributed by atoms with Crippen molar-refractivity contribution in [3.63, 3.8) is 0 Å². The van der Waals surface area contributed by atoms with Gasteiger partial charge in [0, 0.05) is 19.3 Å². The van der Waals surface area contributed by atoms with E-state index in [4.69, 9.17) is 18.9 Å². The highest BCUT2D eigenvalue weighted by atomic mass is 16.6. The van der Waals surface area contributed by atoms with Crippen LogP contribution in [-0.4, -0.2) is 62.0 Å². The molecule has 9 nitrogen and oxygen atoms in total. The molecule has 4 aliphatic rings. The summed E-state index contributed by atoms with van der Waals surface area (Å²) in [6, 6.07) is 0. The number of hydrogen-bond acceptors (Lipinski definition) is 9. The number of carbonyl (C=O) groups excluding carboxylic acids is 4. The predicted molar refractivity (Wildman–Crippen MR) is 147 cm³/mol. The fraction of sp³-hybridized carbons (Fsp3) is 0.806. The lowest BCUT2D eigenvalue weighted by molar-refractivity contribution is -0.168. The summed E-state index contributed by atoms with van der Waals surface area (Å²) in [5.74, 6) is 0.588. The molecule has 4 fully saturated rings. The molecule has 0 aromatic heterocycles. The summed E-state index contributed by atoms with van der Waals surface area (Å²) < 4.78 is 21.5. The first-order valence-corrected chi connectivity index (χ1v) is 15.0. The molecular weight excluding hydrogens is 516 g/mol. The fourth-order valence-corrected chi connectivity index (χ4v) is 7.02. The molecule has 0 spiro atoms. The average Bonchev–Trinajstić information content (AvgIpc) is 2.92. The van der Waals surface area contributed by atoms with Crippen molar-refractivity contribution in [3.8, 4) is 0 Å². The minimum absolute atomic E-state index is 0.0217. The van der Waals surface area contributed by atoms with E-state index in [0.29, 0.717) is 32.3 Å². The van der Waals surface area contributed by atoms with Crippen molar-refractivity contribution in [2.75, 3.05) is 33.0 Å². The monoisotopic (exact) mass is 564 g/mol. The highest BCUT2D eigenvalue weighted by molar-refractivity contribution is 5.71. The van der Waals surface area contributed by atoms with Gasteiger partial charge in [0.15, 0.2) is 0 Å². The average molecular weight is 565 g/mol. The SMILES string of the molecule is C/C=C\CCOC(=O)CCCCC(=O)OCC(CO)(COC(=O)CC)COC(=O)CC12CC3CC(CC(C3)C1)C2. The molecule has 0 aromatic carbocycles. The van der Waals surface area contributed by atoms with Crippen LogP contribution < -0.4 is 0 Å². The van der Waals surface area contributed by atoms with Gasteiger partial charge in [0.1, 0.15) is 19.8 Å². The number of allylic oxidation sites excluding steroid dienone is 1. The number of esters is 4. The van der Waals surface area contributed by atoms with Gasteiger partial charge >= 0.3 is 23.9 Å². The minimum atomic E-state index is -1.24. The molecule has 0 saturated heterocycles. The van der Waals surface area contributed by atoms with Crippen molar-refractivity contribution in [2.45, 2.75) is 97.3 Å². The molecule has 40 heavy (non-hydrogen) atoms. The molecule has 4 saturated carbocycles. The Morgan fingerprint density at radius 3 is 1.80 bits per heavy atom. The van der Waals surface area contributed by atoms with E-state index in [9.17, 15) is 24.3 Å². The van der Waals surface area contributed by atoms with Gasteiger partial charge in [-0.2, -0.15) is 0 Å². The van der Waals surface area contributed by atoms with Crippen LogP contribution in [0.5, 0.6) is 0 Å². The number of carbonyl (C=O) groups is 4. The Hall–Kier alpha value is -2.42. The molecule has 1 atom stereocenters. The summed E-state index contributed by atoms with van der Waals surface area (Å²) in [5.41, 5.74) is -1.22. The third-order valence-electron chi connectivity index (χ3n) is 8.72. The highest BCUT2D eigenvalue weighted by Crippen LogP contribution is 2.61. The van der Waals surface area contributed by atoms with Crippen molar-refractivity contribution >= 4 is 23.9 Å². The fourth-order valence-electron chi connectivity index (χ4n) is 7.02. The summed E-state index contributed by atoms with van der Waals surface area (Å²) in [4.78, 5) is 49.0. The van der Waals surface area contributed by atoms with Crippen LogP contribution in [0.2, 0.25) is 0 Å². The first-order chi connectivity index (χ1) is 19.2. The second-order valence-corrected chi connectivity index (χ2v) is 12.4. The lowest BCUT2D eigenvalue weighted by atomic mass is 9.49. The van der Waals surface area contributed by atoms with Crippen molar-refractivity contribution < 1.29 is 43.2 Å². The van der Waals surface area contributed by atoms with Gasteiger partial charge < -0.3 is 24.1 Å². The van der Waals surface area contributed by atoms with Crippen LogP contribution in [0.1, 0.15) is 97.3 Å². The molecule has 4 aliphatic carbocycles. The standard InChI is InChI=1S/C31H48O9/c1-3-5-8-11-37-27(34)9-6-7-10-28(35)39-21-31(19-32,20-38-26(33)4-2)22-40-29(36)18-30-15-23-12-24(16-30)14-25(13-23)17-30/h3,5,23-25,32H,4,6-22H2,1-2H3/b5-3-. The van der Waals surface area contributed by atoms with Gasteiger partial charge in [0.25, 0.3) is 0 Å². The number of unbranched alkanes of at least 4 members (excludes halogenated alkanes) is 1. The van der Waals surface area contributed by atoms with E-state index in [0.717, 1.165) is 37.0 Å². The molecule has 1 unspecified atom stereocenters. The second-order valence-electron chi connectivity index (χ2n) is 12.4. The second kappa shape index (κ2) is 15.5. The Morgan fingerprint density at radius 1 is 0.800 bits per heavy atom. The summed E-state index contributed by atoms with van der Waals surface area (Å²) in [5, 5.41) is 10.2. The number of ether oxygens (including phenoxy) is 4. The van der Waals surface area contributed by atoms with Gasteiger partial charge in [-0.25, -0.2) is 0 Å². The maximum absolute atomic E-state index is 13.0. The lowest BCUT2D eigenvalue weighted by Crippen LogP contribution is -2.47. The van der Waals surface area contributed by atoms with E-state index >= 15 is 0 Å². The quantitative estimate of drug-likeness (QED) is 0.109. The number of hydrogen-bond donors (Lipinski definition) is 1. The van der Waals surface area contributed by atoms with Crippen LogP contribution in [0.4, 0.5) is 0 Å². The van der Waals surface area contributed by atoms with Crippen LogP contribution in [0.25, 0.3) is 0 Å². The van der Waals surface area contributed by atoms with Gasteiger partial charge in [-0.15, -0.1) is 0 Å². The van der Waals surface area contributed by atoms with E-state index in [2.05, 4.69) is 0 Å². The highest BCUT2D eigenvalue weighted by Gasteiger charge is 2.51. The Kier molecular flexibility index (Phi) is 12.5. The zero-order chi connectivity index (χ0) is 29.0. The number of rotatable bonds is 18. The number of aliphatic hydroxyl groups excluding tert-OH is 1. The van der Waals surface area contributed by atoms with E-state index in [1.165, 1.54) is 19.3 Å². The molecule has 1 N–H and O–H groups in total. The topological polar surface area (TPSA) is 125 Å². The van der Waals surface area contributed by atoms with Crippen LogP contribution in [-0.2, 0) is 38.1 Å². The molecule has 4 rings (SSSR count). The van der Waals surface area contributed by atoms with Crippen molar-refractivity contribution in [1.82, 2.24) is 0 Å². The van der Waals surface area contributed by atoms with Gasteiger partial charge in [-0.05, 0) is 87.9 Å². The molecule has 4 bridgehead atoms. The van der Waals surface area contributed by atoms with E-state index < -0.39 is 24.0 Å². The summed E-state index contributed by atoms with van der Waals surface area (Å²) >= 11 is 0. The molecular formula is C31H48O9. The Bertz CT molecular complexity index is 860. The van der Waals surface area contributed by atoms with Gasteiger partial charge in [-0.1, -0.05) is 19.1 Å². The van der Waals surface area contributed by atoms with Crippen LogP contribution in [0, 0.1) is 28.6 Å². The largest absolute Gasteiger partial charge is 0.465 e. The number of aliphatic hydroxyl groups is 1. The molecule has 0 heterocycles. The molecule has 0 amide bonds.